The highest BCUT2D eigenvalue weighted by atomic mass is 31.2. The Morgan fingerprint density at radius 2 is 0.790 bits per heavy atom. The smallest absolute Gasteiger partial charge is 0.306 e. The number of nitrogens with one attached hydrogen (secondary N) is 1. The van der Waals surface area contributed by atoms with Crippen molar-refractivity contribution in [2.24, 2.45) is 0 Å². The average Bonchev–Trinajstić information content (AvgIpc) is 3.44. The summed E-state index contributed by atoms with van der Waals surface area (Å²) in [4.78, 5) is 40.1. The molecule has 10 heteroatoms. The van der Waals surface area contributed by atoms with Crippen LogP contribution in [0.15, 0.2) is 109 Å². The van der Waals surface area contributed by atoms with Crippen LogP contribution in [0, 0.1) is 0 Å². The second-order valence-electron chi connectivity index (χ2n) is 23.2. The predicted octanol–water partition coefficient (Wildman–Crippen LogP) is 20.3. The quantitative estimate of drug-likeness (QED) is 0.0212. The lowest BCUT2D eigenvalue weighted by Gasteiger charge is -2.30. The second kappa shape index (κ2) is 59.8. The van der Waals surface area contributed by atoms with Crippen LogP contribution in [0.2, 0.25) is 0 Å². The summed E-state index contributed by atoms with van der Waals surface area (Å²) in [5.41, 5.74) is 0. The van der Waals surface area contributed by atoms with E-state index < -0.39 is 26.6 Å². The van der Waals surface area contributed by atoms with Crippen molar-refractivity contribution in [1.82, 2.24) is 5.32 Å². The van der Waals surface area contributed by atoms with Crippen LogP contribution in [0.25, 0.3) is 0 Å². The summed E-state index contributed by atoms with van der Waals surface area (Å²) in [7, 11) is 1.16. The minimum absolute atomic E-state index is 0.0310. The average molecular weight is 1150 g/mol. The van der Waals surface area contributed by atoms with Gasteiger partial charge >= 0.3 is 5.97 Å². The molecule has 0 bridgehead atoms. The van der Waals surface area contributed by atoms with Crippen molar-refractivity contribution in [2.75, 3.05) is 40.9 Å². The summed E-state index contributed by atoms with van der Waals surface area (Å²) in [6, 6.07) is -0.904. The molecule has 0 aromatic heterocycles. The van der Waals surface area contributed by atoms with Crippen LogP contribution in [0.3, 0.4) is 0 Å². The third kappa shape index (κ3) is 61.1. The number of nitrogens with zero attached hydrogens (tertiary/aromatic N) is 1. The summed E-state index contributed by atoms with van der Waals surface area (Å²) in [6.45, 7) is 6.68. The molecule has 3 atom stereocenters. The number of amides is 1. The molecule has 0 aliphatic heterocycles. The second-order valence-corrected chi connectivity index (χ2v) is 24.6. The van der Waals surface area contributed by atoms with Gasteiger partial charge in [0.2, 0.25) is 5.91 Å². The summed E-state index contributed by atoms with van der Waals surface area (Å²) in [5.74, 6) is -0.566. The molecule has 3 unspecified atom stereocenters. The molecule has 1 N–H and O–H groups in total. The van der Waals surface area contributed by atoms with E-state index in [1.54, 1.807) is 0 Å². The number of likely N-dealkylation sites (N-methyl/N-ethyl adjacent to an activating group) is 1. The molecular weight excluding hydrogens is 1020 g/mol. The van der Waals surface area contributed by atoms with Crippen molar-refractivity contribution in [2.45, 2.75) is 290 Å². The van der Waals surface area contributed by atoms with E-state index in [2.05, 4.69) is 123 Å². The Labute approximate surface area is 500 Å². The highest BCUT2D eigenvalue weighted by Crippen LogP contribution is 2.38. The fourth-order valence-electron chi connectivity index (χ4n) is 9.08. The van der Waals surface area contributed by atoms with E-state index >= 15 is 0 Å². The van der Waals surface area contributed by atoms with Gasteiger partial charge in [-0.2, -0.15) is 0 Å². The van der Waals surface area contributed by atoms with E-state index in [-0.39, 0.29) is 24.9 Å². The van der Waals surface area contributed by atoms with Crippen LogP contribution in [-0.2, 0) is 27.9 Å². The molecule has 0 aromatic rings. The minimum atomic E-state index is -4.71. The third-order valence-electron chi connectivity index (χ3n) is 14.2. The van der Waals surface area contributed by atoms with E-state index in [0.29, 0.717) is 23.9 Å². The van der Waals surface area contributed by atoms with E-state index in [1.807, 2.05) is 33.3 Å². The molecule has 0 saturated heterocycles. The van der Waals surface area contributed by atoms with Gasteiger partial charge in [0.25, 0.3) is 7.82 Å². The van der Waals surface area contributed by atoms with Gasteiger partial charge in [-0.05, 0) is 115 Å². The maximum Gasteiger partial charge on any atom is 0.306 e. The molecule has 1 amide bonds. The number of quaternary nitrogens is 1. The van der Waals surface area contributed by atoms with Gasteiger partial charge in [-0.25, -0.2) is 0 Å². The molecule has 466 valence electrons. The standard InChI is InChI=1S/C71H125N2O7P/c1-7-10-13-16-19-22-25-27-29-31-33-34-35-36-37-38-40-41-43-45-48-51-54-57-60-63-70(74)72-68(67-79-81(76,77)78-66-65-73(4,5)6)69(62-59-56-53-50-47-24-21-18-15-12-9-3)80-71(75)64-61-58-55-52-49-46-44-42-39-32-30-28-26-23-20-17-14-11-8-2/h10,13,19-20,22-23,27-30,33-34,36-37,39,42,59,62,68-69H,7-9,11-12,14-18,21,24-26,31-32,35,38,40-41,43-58,60-61,63-67H2,1-6H3,(H-,72,74,76,77)/b13-10-,22-19-,23-20-,29-27-,30-28-,34-33-,37-36-,42-39-,62-59-. The van der Waals surface area contributed by atoms with Gasteiger partial charge in [-0.1, -0.05) is 259 Å². The Hall–Kier alpha value is -3.33. The monoisotopic (exact) mass is 1150 g/mol. The topological polar surface area (TPSA) is 114 Å². The third-order valence-corrected chi connectivity index (χ3v) is 15.2. The number of phosphoric ester groups is 1. The van der Waals surface area contributed by atoms with Crippen molar-refractivity contribution >= 4 is 19.7 Å². The minimum Gasteiger partial charge on any atom is -0.756 e. The van der Waals surface area contributed by atoms with Gasteiger partial charge in [0.1, 0.15) is 19.3 Å². The Bertz CT molecular complexity index is 1750. The van der Waals surface area contributed by atoms with Crippen LogP contribution in [0.5, 0.6) is 0 Å². The zero-order valence-electron chi connectivity index (χ0n) is 53.2. The maximum absolute atomic E-state index is 13.6. The van der Waals surface area contributed by atoms with E-state index in [4.69, 9.17) is 13.8 Å². The van der Waals surface area contributed by atoms with Crippen LogP contribution < -0.4 is 10.2 Å². The van der Waals surface area contributed by atoms with Gasteiger partial charge in [0, 0.05) is 12.8 Å². The van der Waals surface area contributed by atoms with Gasteiger partial charge in [-0.3, -0.25) is 14.2 Å². The molecule has 9 nitrogen and oxygen atoms in total. The first-order chi connectivity index (χ1) is 39.4. The van der Waals surface area contributed by atoms with Crippen LogP contribution in [0.4, 0.5) is 0 Å². The Morgan fingerprint density at radius 1 is 0.444 bits per heavy atom. The molecule has 0 radical (unpaired) electrons. The lowest BCUT2D eigenvalue weighted by molar-refractivity contribution is -0.870. The van der Waals surface area contributed by atoms with Crippen LogP contribution >= 0.6 is 7.82 Å². The zero-order valence-corrected chi connectivity index (χ0v) is 54.1. The molecular formula is C71H125N2O7P. The van der Waals surface area contributed by atoms with Crippen molar-refractivity contribution in [1.29, 1.82) is 0 Å². The van der Waals surface area contributed by atoms with E-state index in [1.165, 1.54) is 103 Å². The number of ether oxygens (including phenoxy) is 1. The van der Waals surface area contributed by atoms with Gasteiger partial charge in [0.05, 0.1) is 33.8 Å². The Balaban J connectivity index is 5.15. The number of allylic oxidation sites excluding steroid dienone is 17. The first-order valence-electron chi connectivity index (χ1n) is 33.2. The number of hydrogen-bond donors (Lipinski definition) is 1. The number of phosphoric acid groups is 1. The van der Waals surface area contributed by atoms with Crippen molar-refractivity contribution in [3.8, 4) is 0 Å². The fraction of sp³-hybridized carbons (Fsp3) is 0.718. The van der Waals surface area contributed by atoms with Gasteiger partial charge in [0.15, 0.2) is 0 Å². The predicted molar refractivity (Wildman–Crippen MR) is 348 cm³/mol. The Morgan fingerprint density at radius 3 is 1.21 bits per heavy atom. The Kier molecular flexibility index (Phi) is 57.4. The molecule has 0 aromatic carbocycles. The summed E-state index contributed by atoms with van der Waals surface area (Å²) in [6.07, 6.45) is 82.0. The van der Waals surface area contributed by atoms with Crippen molar-refractivity contribution < 1.29 is 37.3 Å². The first kappa shape index (κ1) is 77.7. The lowest BCUT2D eigenvalue weighted by Crippen LogP contribution is -2.47. The molecule has 0 spiro atoms. The number of hydrogen-bond acceptors (Lipinski definition) is 7. The molecule has 0 heterocycles. The summed E-state index contributed by atoms with van der Waals surface area (Å²) >= 11 is 0. The van der Waals surface area contributed by atoms with Crippen molar-refractivity contribution in [3.63, 3.8) is 0 Å². The normalized spacial score (nSPS) is 14.3. The summed E-state index contributed by atoms with van der Waals surface area (Å²) in [5, 5.41) is 3.03. The zero-order chi connectivity index (χ0) is 59.3. The van der Waals surface area contributed by atoms with Gasteiger partial charge in [-0.15, -0.1) is 0 Å². The number of unbranched alkanes of at least 4 members (excludes halogenated alkanes) is 27. The van der Waals surface area contributed by atoms with Gasteiger partial charge < -0.3 is 28.5 Å². The number of rotatable bonds is 59. The number of esters is 1. The molecule has 0 saturated carbocycles. The van der Waals surface area contributed by atoms with E-state index in [0.717, 1.165) is 135 Å². The lowest BCUT2D eigenvalue weighted by atomic mass is 10.0. The van der Waals surface area contributed by atoms with Crippen molar-refractivity contribution in [3.05, 3.63) is 109 Å². The van der Waals surface area contributed by atoms with Crippen LogP contribution in [-0.4, -0.2) is 69.4 Å². The number of carbonyl (C=O) groups is 2. The summed E-state index contributed by atoms with van der Waals surface area (Å²) < 4.78 is 30.3. The molecule has 0 rings (SSSR count). The van der Waals surface area contributed by atoms with Crippen LogP contribution in [0.1, 0.15) is 278 Å². The molecule has 0 fully saturated rings. The molecule has 0 aliphatic carbocycles. The largest absolute Gasteiger partial charge is 0.756 e. The fourth-order valence-corrected chi connectivity index (χ4v) is 9.81. The molecule has 0 aliphatic rings. The first-order valence-corrected chi connectivity index (χ1v) is 34.7. The highest BCUT2D eigenvalue weighted by Gasteiger charge is 2.27. The SMILES string of the molecule is CC/C=C\C/C=C\C/C=C\C/C=C\C/C=C\CCCCCCCCCCCC(=O)NC(COP(=O)([O-])OCC[N+](C)(C)C)C(/C=C\CCCCCCCCCCC)OC(=O)CCCCCCCC/C=C\C/C=C\C/C=C\CCCCC. The van der Waals surface area contributed by atoms with E-state index in [9.17, 15) is 19.0 Å². The maximum atomic E-state index is 13.6. The molecule has 81 heavy (non-hydrogen) atoms. The highest BCUT2D eigenvalue weighted by molar-refractivity contribution is 7.45. The number of carbonyl (C=O) groups excluding carboxylic acids is 2.